The van der Waals surface area contributed by atoms with Crippen molar-refractivity contribution in [3.8, 4) is 5.69 Å². The number of cyclic esters (lactones) is 1. The molecule has 8 nitrogen and oxygen atoms in total. The first-order valence-electron chi connectivity index (χ1n) is 8.57. The third kappa shape index (κ3) is 3.24. The van der Waals surface area contributed by atoms with Crippen molar-refractivity contribution in [3.63, 3.8) is 0 Å². The number of benzene rings is 2. The first-order valence-corrected chi connectivity index (χ1v) is 9.02. The zero-order valence-corrected chi connectivity index (χ0v) is 15.8. The summed E-state index contributed by atoms with van der Waals surface area (Å²) in [5.41, 5.74) is 2.44. The predicted molar refractivity (Wildman–Crippen MR) is 106 cm³/mol. The van der Waals surface area contributed by atoms with E-state index in [1.807, 2.05) is 6.07 Å². The molecule has 9 heteroatoms. The Morgan fingerprint density at radius 1 is 1.14 bits per heavy atom. The van der Waals surface area contributed by atoms with Gasteiger partial charge in [-0.05, 0) is 36.4 Å². The molecule has 0 aliphatic carbocycles. The van der Waals surface area contributed by atoms with Gasteiger partial charge in [-0.15, -0.1) is 0 Å². The minimum absolute atomic E-state index is 0.263. The van der Waals surface area contributed by atoms with Crippen LogP contribution in [0, 0.1) is 0 Å². The van der Waals surface area contributed by atoms with E-state index in [1.54, 1.807) is 49.5 Å². The van der Waals surface area contributed by atoms with E-state index in [1.165, 1.54) is 14.4 Å². The number of aromatic nitrogens is 1. The van der Waals surface area contributed by atoms with Gasteiger partial charge >= 0.3 is 11.8 Å². The molecule has 0 bridgehead atoms. The number of amides is 2. The van der Waals surface area contributed by atoms with Gasteiger partial charge in [0.2, 0.25) is 0 Å². The fraction of sp³-hybridized carbons (Fsp3) is 0.211. The van der Waals surface area contributed by atoms with Gasteiger partial charge in [-0.2, -0.15) is 0 Å². The van der Waals surface area contributed by atoms with Crippen molar-refractivity contribution in [1.29, 1.82) is 0 Å². The number of thiol groups is 1. The Labute approximate surface area is 165 Å². The van der Waals surface area contributed by atoms with Gasteiger partial charge in [0, 0.05) is 12.7 Å². The summed E-state index contributed by atoms with van der Waals surface area (Å²) in [5, 5.41) is -0.392. The Kier molecular flexibility index (Phi) is 4.60. The largest absolute Gasteiger partial charge is 0.442 e. The van der Waals surface area contributed by atoms with E-state index < -0.39 is 23.2 Å². The molecule has 144 valence electrons. The molecule has 3 aromatic rings. The normalized spacial score (nSPS) is 16.4. The summed E-state index contributed by atoms with van der Waals surface area (Å²) >= 11 is 3.75. The average Bonchev–Trinajstić information content (AvgIpc) is 3.20. The number of carbonyl (C=O) groups excluding carboxylic acids is 2. The van der Waals surface area contributed by atoms with Crippen LogP contribution in [-0.4, -0.2) is 47.0 Å². The molecule has 0 spiro atoms. The summed E-state index contributed by atoms with van der Waals surface area (Å²) in [5.74, 6) is -0.478. The Bertz CT molecular complexity index is 1100. The van der Waals surface area contributed by atoms with E-state index in [0.29, 0.717) is 29.0 Å². The van der Waals surface area contributed by atoms with Crippen molar-refractivity contribution in [2.45, 2.75) is 6.10 Å². The fourth-order valence-electron chi connectivity index (χ4n) is 3.20. The number of likely N-dealkylation sites (N-methyl/N-ethyl adjacent to an activating group) is 1. The molecule has 1 atom stereocenters. The number of rotatable bonds is 4. The van der Waals surface area contributed by atoms with Gasteiger partial charge in [0.1, 0.15) is 6.10 Å². The minimum Gasteiger partial charge on any atom is -0.442 e. The van der Waals surface area contributed by atoms with Crippen LogP contribution in [-0.2, 0) is 4.74 Å². The number of nitrogens with zero attached hydrogens (tertiary/aromatic N) is 3. The molecule has 0 N–H and O–H groups in total. The summed E-state index contributed by atoms with van der Waals surface area (Å²) < 4.78 is 12.0. The Morgan fingerprint density at radius 3 is 2.54 bits per heavy atom. The van der Waals surface area contributed by atoms with E-state index in [4.69, 9.17) is 9.15 Å². The highest BCUT2D eigenvalue weighted by Gasteiger charge is 2.33. The molecule has 1 aliphatic rings. The maximum absolute atomic E-state index is 12.2. The Balaban J connectivity index is 1.57. The van der Waals surface area contributed by atoms with Gasteiger partial charge in [-0.1, -0.05) is 24.8 Å². The minimum atomic E-state index is -0.483. The maximum atomic E-state index is 12.2. The third-order valence-electron chi connectivity index (χ3n) is 4.58. The highest BCUT2D eigenvalue weighted by molar-refractivity contribution is 7.96. The lowest BCUT2D eigenvalue weighted by Crippen LogP contribution is -2.33. The predicted octanol–water partition coefficient (Wildman–Crippen LogP) is 2.89. The number of hydrogen-bond donors (Lipinski definition) is 1. The summed E-state index contributed by atoms with van der Waals surface area (Å²) in [7, 11) is 1.59. The van der Waals surface area contributed by atoms with E-state index >= 15 is 0 Å². The van der Waals surface area contributed by atoms with Gasteiger partial charge in [0.15, 0.2) is 5.58 Å². The number of hydrogen-bond acceptors (Lipinski definition) is 5. The van der Waals surface area contributed by atoms with E-state index in [9.17, 15) is 14.4 Å². The number of ether oxygens (including phenoxy) is 1. The summed E-state index contributed by atoms with van der Waals surface area (Å²) in [6.07, 6.45) is -0.919. The molecule has 2 amide bonds. The second kappa shape index (κ2) is 7.08. The van der Waals surface area contributed by atoms with Gasteiger partial charge in [0.05, 0.1) is 24.3 Å². The molecular weight excluding hydrogens is 382 g/mol. The SMILES string of the molecule is CN(C[C@@H]1CN(c2ccc(-n3c(=O)oc4ccccc43)cc2)C(=O)O1)C(=O)S. The topological polar surface area (TPSA) is 85.0 Å². The van der Waals surface area contributed by atoms with Crippen LogP contribution in [0.25, 0.3) is 16.8 Å². The van der Waals surface area contributed by atoms with Crippen LogP contribution < -0.4 is 10.7 Å². The van der Waals surface area contributed by atoms with Crippen molar-refractivity contribution in [3.05, 3.63) is 59.1 Å². The van der Waals surface area contributed by atoms with Crippen LogP contribution in [0.1, 0.15) is 0 Å². The highest BCUT2D eigenvalue weighted by Crippen LogP contribution is 2.24. The number of oxazole rings is 1. The van der Waals surface area contributed by atoms with Gasteiger partial charge in [-0.3, -0.25) is 9.69 Å². The van der Waals surface area contributed by atoms with Crippen molar-refractivity contribution in [1.82, 2.24) is 9.47 Å². The highest BCUT2D eigenvalue weighted by atomic mass is 32.1. The van der Waals surface area contributed by atoms with Crippen molar-refractivity contribution < 1.29 is 18.7 Å². The lowest BCUT2D eigenvalue weighted by molar-refractivity contribution is 0.124. The van der Waals surface area contributed by atoms with Crippen molar-refractivity contribution in [2.75, 3.05) is 25.0 Å². The van der Waals surface area contributed by atoms with Crippen LogP contribution in [0.15, 0.2) is 57.7 Å². The lowest BCUT2D eigenvalue weighted by Gasteiger charge is -2.17. The van der Waals surface area contributed by atoms with Crippen LogP contribution in [0.2, 0.25) is 0 Å². The number of anilines is 1. The first kappa shape index (κ1) is 18.2. The number of fused-ring (bicyclic) bond motifs is 1. The van der Waals surface area contributed by atoms with E-state index in [2.05, 4.69) is 12.6 Å². The van der Waals surface area contributed by atoms with Crippen LogP contribution in [0.3, 0.4) is 0 Å². The Hall–Kier alpha value is -3.20. The second-order valence-corrected chi connectivity index (χ2v) is 6.85. The van der Waals surface area contributed by atoms with E-state index in [0.717, 1.165) is 0 Å². The third-order valence-corrected chi connectivity index (χ3v) is 4.93. The van der Waals surface area contributed by atoms with Crippen molar-refractivity contribution >= 4 is 40.7 Å². The molecular formula is C19H17N3O5S. The van der Waals surface area contributed by atoms with Gasteiger partial charge in [-0.25, -0.2) is 14.2 Å². The zero-order chi connectivity index (χ0) is 19.8. The molecule has 2 heterocycles. The monoisotopic (exact) mass is 399 g/mol. The summed E-state index contributed by atoms with van der Waals surface area (Å²) in [6.45, 7) is 0.581. The van der Waals surface area contributed by atoms with Crippen LogP contribution in [0.5, 0.6) is 0 Å². The molecule has 1 aromatic heterocycles. The molecule has 0 radical (unpaired) electrons. The Morgan fingerprint density at radius 2 is 1.82 bits per heavy atom. The lowest BCUT2D eigenvalue weighted by atomic mass is 10.2. The van der Waals surface area contributed by atoms with E-state index in [-0.39, 0.29) is 6.54 Å². The molecule has 1 fully saturated rings. The standard InChI is InChI=1S/C19H17N3O5S/c1-20(19(25)28)10-14-11-21(17(23)26-14)12-6-8-13(9-7-12)22-15-4-2-3-5-16(15)27-18(22)24/h2-9,14H,10-11H2,1H3,(H,25,28)/t14-/m1/s1. The number of para-hydroxylation sites is 2. The summed E-state index contributed by atoms with van der Waals surface area (Å²) in [6, 6.07) is 14.1. The maximum Gasteiger partial charge on any atom is 0.424 e. The smallest absolute Gasteiger partial charge is 0.424 e. The second-order valence-electron chi connectivity index (χ2n) is 6.47. The van der Waals surface area contributed by atoms with Crippen LogP contribution in [0.4, 0.5) is 15.3 Å². The molecule has 2 aromatic carbocycles. The molecule has 1 aliphatic heterocycles. The molecule has 0 saturated carbocycles. The number of carbonyl (C=O) groups is 2. The fourth-order valence-corrected chi connectivity index (χ4v) is 3.29. The quantitative estimate of drug-likeness (QED) is 0.682. The van der Waals surface area contributed by atoms with Gasteiger partial charge in [0.25, 0.3) is 5.24 Å². The van der Waals surface area contributed by atoms with Crippen molar-refractivity contribution in [2.24, 2.45) is 0 Å². The van der Waals surface area contributed by atoms with Crippen LogP contribution >= 0.6 is 12.6 Å². The average molecular weight is 399 g/mol. The zero-order valence-electron chi connectivity index (χ0n) is 14.9. The van der Waals surface area contributed by atoms with Gasteiger partial charge < -0.3 is 14.1 Å². The molecule has 28 heavy (non-hydrogen) atoms. The molecule has 0 unspecified atom stereocenters. The molecule has 4 rings (SSSR count). The molecule has 1 saturated heterocycles. The first-order chi connectivity index (χ1) is 13.4. The summed E-state index contributed by atoms with van der Waals surface area (Å²) in [4.78, 5) is 38.5.